The summed E-state index contributed by atoms with van der Waals surface area (Å²) in [4.78, 5) is 2.40. The Bertz CT molecular complexity index is 363. The molecular weight excluding hydrogens is 224 g/mol. The Labute approximate surface area is 110 Å². The summed E-state index contributed by atoms with van der Waals surface area (Å²) in [5, 5.41) is 0. The number of hydrogen-bond acceptors (Lipinski definition) is 3. The summed E-state index contributed by atoms with van der Waals surface area (Å²) in [6, 6.07) is 8.83. The van der Waals surface area contributed by atoms with Crippen LogP contribution >= 0.6 is 0 Å². The third-order valence-corrected chi connectivity index (χ3v) is 3.84. The second-order valence-corrected chi connectivity index (χ2v) is 5.05. The summed E-state index contributed by atoms with van der Waals surface area (Å²) >= 11 is 0. The van der Waals surface area contributed by atoms with Gasteiger partial charge in [-0.25, -0.2) is 0 Å². The molecule has 2 atom stereocenters. The van der Waals surface area contributed by atoms with Gasteiger partial charge in [-0.2, -0.15) is 0 Å². The number of nitrogens with two attached hydrogens (primary N) is 1. The van der Waals surface area contributed by atoms with E-state index >= 15 is 0 Å². The Morgan fingerprint density at radius 1 is 1.39 bits per heavy atom. The molecule has 2 N–H and O–H groups in total. The maximum atomic E-state index is 6.03. The second-order valence-electron chi connectivity index (χ2n) is 5.05. The van der Waals surface area contributed by atoms with Gasteiger partial charge in [0.1, 0.15) is 0 Å². The Morgan fingerprint density at radius 2 is 2.11 bits per heavy atom. The van der Waals surface area contributed by atoms with Gasteiger partial charge in [-0.3, -0.25) is 0 Å². The Balaban J connectivity index is 2.04. The lowest BCUT2D eigenvalue weighted by Crippen LogP contribution is -2.39. The van der Waals surface area contributed by atoms with Gasteiger partial charge >= 0.3 is 0 Å². The highest BCUT2D eigenvalue weighted by atomic mass is 16.5. The van der Waals surface area contributed by atoms with Gasteiger partial charge in [-0.15, -0.1) is 0 Å². The first kappa shape index (κ1) is 13.4. The Hall–Kier alpha value is -1.06. The molecule has 1 aromatic carbocycles. The van der Waals surface area contributed by atoms with Crippen molar-refractivity contribution in [2.75, 3.05) is 25.1 Å². The molecule has 1 unspecified atom stereocenters. The highest BCUT2D eigenvalue weighted by Crippen LogP contribution is 2.23. The molecule has 0 bridgehead atoms. The molecule has 2 rings (SSSR count). The van der Waals surface area contributed by atoms with Gasteiger partial charge in [0.05, 0.1) is 6.10 Å². The van der Waals surface area contributed by atoms with Crippen molar-refractivity contribution in [3.05, 3.63) is 29.8 Å². The highest BCUT2D eigenvalue weighted by molar-refractivity contribution is 5.48. The molecule has 18 heavy (non-hydrogen) atoms. The van der Waals surface area contributed by atoms with Crippen LogP contribution in [0.2, 0.25) is 0 Å². The van der Waals surface area contributed by atoms with Crippen molar-refractivity contribution in [1.82, 2.24) is 0 Å². The number of nitrogens with zero attached hydrogens (tertiary/aromatic N) is 1. The number of hydrogen-bond donors (Lipinski definition) is 1. The van der Waals surface area contributed by atoms with Crippen molar-refractivity contribution in [3.8, 4) is 0 Å². The van der Waals surface area contributed by atoms with E-state index in [9.17, 15) is 0 Å². The molecule has 0 spiro atoms. The van der Waals surface area contributed by atoms with Crippen LogP contribution in [0.15, 0.2) is 24.3 Å². The van der Waals surface area contributed by atoms with E-state index in [-0.39, 0.29) is 6.04 Å². The highest BCUT2D eigenvalue weighted by Gasteiger charge is 2.19. The monoisotopic (exact) mass is 248 g/mol. The first-order chi connectivity index (χ1) is 8.74. The molecule has 1 fully saturated rings. The zero-order chi connectivity index (χ0) is 13.0. The molecule has 0 saturated carbocycles. The zero-order valence-electron chi connectivity index (χ0n) is 11.4. The summed E-state index contributed by atoms with van der Waals surface area (Å²) in [6.07, 6.45) is 3.73. The largest absolute Gasteiger partial charge is 0.380 e. The quantitative estimate of drug-likeness (QED) is 0.890. The van der Waals surface area contributed by atoms with Crippen LogP contribution in [-0.2, 0) is 4.74 Å². The third kappa shape index (κ3) is 3.03. The Morgan fingerprint density at radius 3 is 2.72 bits per heavy atom. The first-order valence-corrected chi connectivity index (χ1v) is 6.88. The number of benzene rings is 1. The van der Waals surface area contributed by atoms with E-state index in [1.807, 2.05) is 0 Å². The number of piperidine rings is 1. The lowest BCUT2D eigenvalue weighted by molar-refractivity contribution is 0.0893. The van der Waals surface area contributed by atoms with Crippen molar-refractivity contribution in [2.45, 2.75) is 38.3 Å². The molecule has 1 saturated heterocycles. The van der Waals surface area contributed by atoms with Gasteiger partial charge in [0.25, 0.3) is 0 Å². The van der Waals surface area contributed by atoms with Crippen LogP contribution in [0.5, 0.6) is 0 Å². The smallest absolute Gasteiger partial charge is 0.0746 e. The normalized spacial score (nSPS) is 21.9. The van der Waals surface area contributed by atoms with E-state index in [0.29, 0.717) is 6.10 Å². The van der Waals surface area contributed by atoms with E-state index in [1.54, 1.807) is 7.11 Å². The van der Waals surface area contributed by atoms with Crippen LogP contribution in [0.1, 0.15) is 37.8 Å². The fourth-order valence-corrected chi connectivity index (χ4v) is 2.53. The van der Waals surface area contributed by atoms with Gasteiger partial charge in [0, 0.05) is 31.9 Å². The number of ether oxygens (including phenoxy) is 1. The van der Waals surface area contributed by atoms with Crippen LogP contribution < -0.4 is 10.6 Å². The van der Waals surface area contributed by atoms with Gasteiger partial charge < -0.3 is 15.4 Å². The minimum Gasteiger partial charge on any atom is -0.380 e. The van der Waals surface area contributed by atoms with Gasteiger partial charge in [0.15, 0.2) is 0 Å². The number of rotatable bonds is 4. The SMILES string of the molecule is CC[C@@H](N)c1ccc(N2CCCC(OC)C2)cc1. The molecular formula is C15H24N2O. The van der Waals surface area contributed by atoms with Crippen LogP contribution in [0.4, 0.5) is 5.69 Å². The number of anilines is 1. The fourth-order valence-electron chi connectivity index (χ4n) is 2.53. The molecule has 0 aromatic heterocycles. The van der Waals surface area contributed by atoms with Crippen LogP contribution in [0.3, 0.4) is 0 Å². The molecule has 1 aliphatic rings. The first-order valence-electron chi connectivity index (χ1n) is 6.88. The minimum atomic E-state index is 0.159. The average molecular weight is 248 g/mol. The van der Waals surface area contributed by atoms with Gasteiger partial charge in [0.2, 0.25) is 0 Å². The van der Waals surface area contributed by atoms with Gasteiger partial charge in [-0.05, 0) is 37.0 Å². The summed E-state index contributed by atoms with van der Waals surface area (Å²) < 4.78 is 5.46. The molecule has 3 nitrogen and oxygen atoms in total. The van der Waals surface area contributed by atoms with Crippen molar-refractivity contribution in [2.24, 2.45) is 5.73 Å². The molecule has 100 valence electrons. The predicted molar refractivity (Wildman–Crippen MR) is 75.9 cm³/mol. The van der Waals surface area contributed by atoms with E-state index < -0.39 is 0 Å². The molecule has 0 amide bonds. The van der Waals surface area contributed by atoms with Crippen molar-refractivity contribution >= 4 is 5.69 Å². The maximum absolute atomic E-state index is 6.03. The summed E-state index contributed by atoms with van der Waals surface area (Å²) in [5.74, 6) is 0. The third-order valence-electron chi connectivity index (χ3n) is 3.84. The van der Waals surface area contributed by atoms with Crippen molar-refractivity contribution in [3.63, 3.8) is 0 Å². The molecule has 1 aliphatic heterocycles. The Kier molecular flexibility index (Phi) is 4.61. The summed E-state index contributed by atoms with van der Waals surface area (Å²) in [7, 11) is 1.80. The van der Waals surface area contributed by atoms with E-state index in [0.717, 1.165) is 19.5 Å². The summed E-state index contributed by atoms with van der Waals surface area (Å²) in [6.45, 7) is 4.24. The number of methoxy groups -OCH3 is 1. The van der Waals surface area contributed by atoms with Crippen LogP contribution in [0.25, 0.3) is 0 Å². The lowest BCUT2D eigenvalue weighted by atomic mass is 10.0. The lowest BCUT2D eigenvalue weighted by Gasteiger charge is -2.33. The van der Waals surface area contributed by atoms with Crippen LogP contribution in [0, 0.1) is 0 Å². The molecule has 1 aromatic rings. The summed E-state index contributed by atoms with van der Waals surface area (Å²) in [5.41, 5.74) is 8.54. The predicted octanol–water partition coefficient (Wildman–Crippen LogP) is 2.71. The maximum Gasteiger partial charge on any atom is 0.0746 e. The minimum absolute atomic E-state index is 0.159. The standard InChI is InChI=1S/C15H24N2O/c1-3-15(16)12-6-8-13(9-7-12)17-10-4-5-14(11-17)18-2/h6-9,14-15H,3-5,10-11,16H2,1-2H3/t14?,15-/m1/s1. The van der Waals surface area contributed by atoms with E-state index in [1.165, 1.54) is 24.1 Å². The van der Waals surface area contributed by atoms with Crippen molar-refractivity contribution < 1.29 is 4.74 Å². The van der Waals surface area contributed by atoms with E-state index in [4.69, 9.17) is 10.5 Å². The van der Waals surface area contributed by atoms with E-state index in [2.05, 4.69) is 36.1 Å². The molecule has 3 heteroatoms. The van der Waals surface area contributed by atoms with Crippen LogP contribution in [-0.4, -0.2) is 26.3 Å². The fraction of sp³-hybridized carbons (Fsp3) is 0.600. The molecule has 0 radical (unpaired) electrons. The topological polar surface area (TPSA) is 38.5 Å². The van der Waals surface area contributed by atoms with Crippen molar-refractivity contribution in [1.29, 1.82) is 0 Å². The zero-order valence-corrected chi connectivity index (χ0v) is 11.4. The molecule has 0 aliphatic carbocycles. The second kappa shape index (κ2) is 6.21. The molecule has 1 heterocycles. The average Bonchev–Trinajstić information content (AvgIpc) is 2.46. The van der Waals surface area contributed by atoms with Gasteiger partial charge in [-0.1, -0.05) is 19.1 Å².